The normalized spacial score (nSPS) is 12.8. The maximum Gasteiger partial charge on any atom is 0.326 e. The van der Waals surface area contributed by atoms with Gasteiger partial charge in [0.15, 0.2) is 5.38 Å². The maximum atomic E-state index is 10.4. The molecule has 0 aromatic carbocycles. The van der Waals surface area contributed by atoms with E-state index in [9.17, 15) is 9.90 Å². The number of alkyl halides is 1. The Hall–Kier alpha value is -0.280. The number of carbonyl (C=O) groups excluding carboxylic acids is 1. The number of carbonyl (C=O) groups is 1. The number of esters is 1. The van der Waals surface area contributed by atoms with E-state index in [1.54, 1.807) is 6.92 Å². The van der Waals surface area contributed by atoms with Crippen LogP contribution in [-0.2, 0) is 14.6 Å². The standard InChI is InChI=1S/C5H8ClO3/c1-2-9-5(8)4(6)3-7/h4H,2-3H2,1H3. The second kappa shape index (κ2) is 4.58. The fourth-order valence-electron chi connectivity index (χ4n) is 0.301. The van der Waals surface area contributed by atoms with Crippen molar-refractivity contribution in [2.45, 2.75) is 12.3 Å². The van der Waals surface area contributed by atoms with Crippen LogP contribution >= 0.6 is 11.6 Å². The zero-order valence-electron chi connectivity index (χ0n) is 5.09. The van der Waals surface area contributed by atoms with E-state index in [-0.39, 0.29) is 6.61 Å². The summed E-state index contributed by atoms with van der Waals surface area (Å²) in [7, 11) is 0. The molecular formula is C5H8ClO3. The lowest BCUT2D eigenvalue weighted by Gasteiger charge is -2.02. The van der Waals surface area contributed by atoms with Crippen LogP contribution in [0.25, 0.3) is 0 Å². The van der Waals surface area contributed by atoms with Crippen molar-refractivity contribution >= 4 is 17.6 Å². The molecule has 0 aromatic heterocycles. The third-order valence-electron chi connectivity index (χ3n) is 0.689. The van der Waals surface area contributed by atoms with Crippen LogP contribution in [0.2, 0.25) is 0 Å². The van der Waals surface area contributed by atoms with Gasteiger partial charge in [-0.25, -0.2) is 5.11 Å². The fraction of sp³-hybridized carbons (Fsp3) is 0.800. The monoisotopic (exact) mass is 151 g/mol. The first-order valence-corrected chi connectivity index (χ1v) is 3.04. The first kappa shape index (κ1) is 8.72. The molecule has 0 spiro atoms. The number of ether oxygens (including phenoxy) is 1. The first-order chi connectivity index (χ1) is 4.22. The SMILES string of the molecule is CCOC(=O)C(Cl)C[O]. The number of halogens is 1. The third-order valence-corrected chi connectivity index (χ3v) is 0.993. The van der Waals surface area contributed by atoms with Crippen molar-refractivity contribution in [1.29, 1.82) is 0 Å². The molecule has 1 radical (unpaired) electrons. The highest BCUT2D eigenvalue weighted by atomic mass is 35.5. The van der Waals surface area contributed by atoms with Crippen molar-refractivity contribution < 1.29 is 14.6 Å². The lowest BCUT2D eigenvalue weighted by molar-refractivity contribution is -0.143. The van der Waals surface area contributed by atoms with Crippen molar-refractivity contribution in [2.24, 2.45) is 0 Å². The van der Waals surface area contributed by atoms with E-state index < -0.39 is 18.0 Å². The van der Waals surface area contributed by atoms with Gasteiger partial charge in [-0.05, 0) is 6.92 Å². The molecule has 0 N–H and O–H groups in total. The highest BCUT2D eigenvalue weighted by Crippen LogP contribution is 1.96. The molecule has 1 atom stereocenters. The van der Waals surface area contributed by atoms with E-state index in [1.807, 2.05) is 0 Å². The summed E-state index contributed by atoms with van der Waals surface area (Å²) in [5.41, 5.74) is 0. The topological polar surface area (TPSA) is 46.2 Å². The van der Waals surface area contributed by atoms with Crippen LogP contribution in [0, 0.1) is 0 Å². The average molecular weight is 152 g/mol. The Morgan fingerprint density at radius 2 is 2.33 bits per heavy atom. The molecule has 0 aromatic rings. The quantitative estimate of drug-likeness (QED) is 0.438. The minimum absolute atomic E-state index is 0.266. The Morgan fingerprint density at radius 3 is 2.67 bits per heavy atom. The number of hydrogen-bond acceptors (Lipinski definition) is 2. The summed E-state index contributed by atoms with van der Waals surface area (Å²) in [6.07, 6.45) is 0. The Morgan fingerprint density at radius 1 is 1.78 bits per heavy atom. The van der Waals surface area contributed by atoms with Gasteiger partial charge in [-0.3, -0.25) is 4.79 Å². The van der Waals surface area contributed by atoms with Crippen LogP contribution in [0.3, 0.4) is 0 Å². The van der Waals surface area contributed by atoms with Gasteiger partial charge >= 0.3 is 5.97 Å². The van der Waals surface area contributed by atoms with E-state index in [1.165, 1.54) is 0 Å². The summed E-state index contributed by atoms with van der Waals surface area (Å²) in [6.45, 7) is 1.30. The summed E-state index contributed by atoms with van der Waals surface area (Å²) in [6, 6.07) is 0. The fourth-order valence-corrected chi connectivity index (χ4v) is 0.364. The van der Waals surface area contributed by atoms with E-state index in [2.05, 4.69) is 4.74 Å². The third kappa shape index (κ3) is 3.32. The van der Waals surface area contributed by atoms with Gasteiger partial charge in [0.05, 0.1) is 6.61 Å². The first-order valence-electron chi connectivity index (χ1n) is 2.61. The Balaban J connectivity index is 3.46. The van der Waals surface area contributed by atoms with E-state index in [0.717, 1.165) is 0 Å². The molecule has 0 saturated heterocycles. The molecule has 0 rings (SSSR count). The smallest absolute Gasteiger partial charge is 0.326 e. The van der Waals surface area contributed by atoms with Gasteiger partial charge in [-0.1, -0.05) is 0 Å². The van der Waals surface area contributed by atoms with Crippen LogP contribution in [0.1, 0.15) is 6.92 Å². The van der Waals surface area contributed by atoms with Crippen LogP contribution in [-0.4, -0.2) is 24.6 Å². The number of rotatable bonds is 3. The van der Waals surface area contributed by atoms with Crippen LogP contribution < -0.4 is 0 Å². The second-order valence-electron chi connectivity index (χ2n) is 1.39. The van der Waals surface area contributed by atoms with Crippen LogP contribution in [0.15, 0.2) is 0 Å². The molecule has 0 aliphatic heterocycles. The van der Waals surface area contributed by atoms with Gasteiger partial charge in [-0.15, -0.1) is 11.6 Å². The van der Waals surface area contributed by atoms with Crippen molar-refractivity contribution in [2.75, 3.05) is 13.2 Å². The molecule has 1 unspecified atom stereocenters. The minimum atomic E-state index is -1.02. The highest BCUT2D eigenvalue weighted by Gasteiger charge is 2.14. The van der Waals surface area contributed by atoms with E-state index in [0.29, 0.717) is 0 Å². The van der Waals surface area contributed by atoms with Gasteiger partial charge in [0.2, 0.25) is 0 Å². The summed E-state index contributed by atoms with van der Waals surface area (Å²) >= 11 is 5.21. The molecule has 0 aliphatic carbocycles. The zero-order chi connectivity index (χ0) is 7.28. The molecule has 9 heavy (non-hydrogen) atoms. The minimum Gasteiger partial charge on any atom is -0.465 e. The van der Waals surface area contributed by atoms with Gasteiger partial charge in [0, 0.05) is 0 Å². The van der Waals surface area contributed by atoms with Crippen molar-refractivity contribution in [3.05, 3.63) is 0 Å². The Labute approximate surface area is 58.6 Å². The van der Waals surface area contributed by atoms with Crippen molar-refractivity contribution in [1.82, 2.24) is 0 Å². The maximum absolute atomic E-state index is 10.4. The van der Waals surface area contributed by atoms with Crippen molar-refractivity contribution in [3.8, 4) is 0 Å². The molecule has 0 amide bonds. The van der Waals surface area contributed by atoms with Gasteiger partial charge in [-0.2, -0.15) is 0 Å². The van der Waals surface area contributed by atoms with Gasteiger partial charge in [0.25, 0.3) is 0 Å². The average Bonchev–Trinajstić information content (AvgIpc) is 1.87. The molecule has 0 fully saturated rings. The molecule has 0 bridgehead atoms. The Kier molecular flexibility index (Phi) is 4.44. The van der Waals surface area contributed by atoms with E-state index in [4.69, 9.17) is 11.6 Å². The Bertz CT molecular complexity index is 94.2. The van der Waals surface area contributed by atoms with Crippen molar-refractivity contribution in [3.63, 3.8) is 0 Å². The van der Waals surface area contributed by atoms with E-state index >= 15 is 0 Å². The molecule has 3 nitrogen and oxygen atoms in total. The summed E-state index contributed by atoms with van der Waals surface area (Å²) < 4.78 is 4.42. The van der Waals surface area contributed by atoms with Crippen LogP contribution in [0.4, 0.5) is 0 Å². The molecule has 4 heteroatoms. The summed E-state index contributed by atoms with van der Waals surface area (Å²) in [4.78, 5) is 10.4. The predicted molar refractivity (Wildman–Crippen MR) is 31.8 cm³/mol. The summed E-state index contributed by atoms with van der Waals surface area (Å²) in [5.74, 6) is -0.630. The number of hydrogen-bond donors (Lipinski definition) is 0. The molecular weight excluding hydrogens is 144 g/mol. The predicted octanol–water partition coefficient (Wildman–Crippen LogP) is 0.587. The van der Waals surface area contributed by atoms with Crippen LogP contribution in [0.5, 0.6) is 0 Å². The molecule has 53 valence electrons. The second-order valence-corrected chi connectivity index (χ2v) is 1.91. The molecule has 0 heterocycles. The molecule has 0 aliphatic rings. The van der Waals surface area contributed by atoms with Gasteiger partial charge in [0.1, 0.15) is 6.61 Å². The largest absolute Gasteiger partial charge is 0.465 e. The summed E-state index contributed by atoms with van der Waals surface area (Å²) in [5, 5.41) is 8.89. The zero-order valence-corrected chi connectivity index (χ0v) is 5.85. The lowest BCUT2D eigenvalue weighted by atomic mass is 10.4. The van der Waals surface area contributed by atoms with Gasteiger partial charge < -0.3 is 4.74 Å². The lowest BCUT2D eigenvalue weighted by Crippen LogP contribution is -2.20. The molecule has 0 saturated carbocycles. The highest BCUT2D eigenvalue weighted by molar-refractivity contribution is 6.30.